The molecule has 0 radical (unpaired) electrons. The minimum atomic E-state index is -2.63. The Balaban J connectivity index is 0.000000847. The first-order valence-corrected chi connectivity index (χ1v) is 7.50. The van der Waals surface area contributed by atoms with E-state index in [0.29, 0.717) is 11.6 Å². The van der Waals surface area contributed by atoms with Crippen LogP contribution >= 0.6 is 0 Å². The molecule has 1 aromatic heterocycles. The number of amides is 1. The summed E-state index contributed by atoms with van der Waals surface area (Å²) in [5.41, 5.74) is 0. The number of nitrogens with zero attached hydrogens (tertiary/aromatic N) is 4. The highest BCUT2D eigenvalue weighted by Crippen LogP contribution is 2.30. The SMILES string of the molecule is CC.O=C(CNc1cc(N2CC(F)(F)C2)ncn1)N1CCC1. The fourth-order valence-corrected chi connectivity index (χ4v) is 2.13. The second-order valence-corrected chi connectivity index (χ2v) is 5.06. The van der Waals surface area contributed by atoms with Gasteiger partial charge in [-0.05, 0) is 6.42 Å². The summed E-state index contributed by atoms with van der Waals surface area (Å²) in [5.74, 6) is -1.69. The van der Waals surface area contributed by atoms with E-state index in [4.69, 9.17) is 0 Å². The van der Waals surface area contributed by atoms with Crippen molar-refractivity contribution in [3.63, 3.8) is 0 Å². The molecule has 2 fully saturated rings. The van der Waals surface area contributed by atoms with Crippen molar-refractivity contribution in [2.24, 2.45) is 0 Å². The highest BCUT2D eigenvalue weighted by molar-refractivity contribution is 5.81. The number of anilines is 2. The molecule has 2 saturated heterocycles. The molecule has 122 valence electrons. The second kappa shape index (κ2) is 6.85. The summed E-state index contributed by atoms with van der Waals surface area (Å²) in [5, 5.41) is 2.90. The fourth-order valence-electron chi connectivity index (χ4n) is 2.13. The maximum Gasteiger partial charge on any atom is 0.282 e. The average molecular weight is 313 g/mol. The van der Waals surface area contributed by atoms with Gasteiger partial charge in [0, 0.05) is 19.2 Å². The molecule has 1 amide bonds. The monoisotopic (exact) mass is 313 g/mol. The molecule has 2 aliphatic rings. The van der Waals surface area contributed by atoms with E-state index in [9.17, 15) is 13.6 Å². The van der Waals surface area contributed by atoms with Crippen molar-refractivity contribution in [1.29, 1.82) is 0 Å². The summed E-state index contributed by atoms with van der Waals surface area (Å²) < 4.78 is 25.6. The van der Waals surface area contributed by atoms with E-state index in [-0.39, 0.29) is 25.5 Å². The van der Waals surface area contributed by atoms with Crippen LogP contribution in [0.2, 0.25) is 0 Å². The van der Waals surface area contributed by atoms with Gasteiger partial charge in [-0.3, -0.25) is 4.79 Å². The van der Waals surface area contributed by atoms with E-state index in [1.807, 2.05) is 13.8 Å². The molecule has 22 heavy (non-hydrogen) atoms. The molecule has 0 bridgehead atoms. The molecule has 0 atom stereocenters. The second-order valence-electron chi connectivity index (χ2n) is 5.06. The zero-order valence-electron chi connectivity index (χ0n) is 12.9. The summed E-state index contributed by atoms with van der Waals surface area (Å²) in [7, 11) is 0. The van der Waals surface area contributed by atoms with Crippen molar-refractivity contribution >= 4 is 17.5 Å². The van der Waals surface area contributed by atoms with Crippen LogP contribution in [0.1, 0.15) is 20.3 Å². The Bertz CT molecular complexity index is 514. The standard InChI is InChI=1S/C12H15F2N5O.C2H6/c13-12(14)6-19(7-12)10-4-9(16-8-17-10)15-5-11(20)18-2-1-3-18;1-2/h4,8H,1-3,5-7H2,(H,15,16,17);1-2H3. The van der Waals surface area contributed by atoms with E-state index >= 15 is 0 Å². The molecule has 0 unspecified atom stereocenters. The lowest BCUT2D eigenvalue weighted by atomic mass is 10.1. The predicted molar refractivity (Wildman–Crippen MR) is 80.2 cm³/mol. The Morgan fingerprint density at radius 1 is 1.32 bits per heavy atom. The Hall–Kier alpha value is -1.99. The predicted octanol–water partition coefficient (Wildman–Crippen LogP) is 1.60. The van der Waals surface area contributed by atoms with Gasteiger partial charge in [0.25, 0.3) is 5.92 Å². The maximum absolute atomic E-state index is 12.8. The molecular formula is C14H21F2N5O. The Morgan fingerprint density at radius 2 is 2.00 bits per heavy atom. The summed E-state index contributed by atoms with van der Waals surface area (Å²) >= 11 is 0. The van der Waals surface area contributed by atoms with E-state index in [2.05, 4.69) is 15.3 Å². The van der Waals surface area contributed by atoms with Gasteiger partial charge in [0.2, 0.25) is 5.91 Å². The smallest absolute Gasteiger partial charge is 0.282 e. The number of aromatic nitrogens is 2. The number of hydrogen-bond acceptors (Lipinski definition) is 5. The van der Waals surface area contributed by atoms with Gasteiger partial charge in [0.05, 0.1) is 19.6 Å². The van der Waals surface area contributed by atoms with Gasteiger partial charge in [-0.15, -0.1) is 0 Å². The lowest BCUT2D eigenvalue weighted by Crippen LogP contribution is -2.56. The molecule has 1 aromatic rings. The van der Waals surface area contributed by atoms with Gasteiger partial charge in [-0.25, -0.2) is 18.7 Å². The van der Waals surface area contributed by atoms with Gasteiger partial charge >= 0.3 is 0 Å². The van der Waals surface area contributed by atoms with Gasteiger partial charge in [-0.1, -0.05) is 13.8 Å². The third kappa shape index (κ3) is 3.80. The van der Waals surface area contributed by atoms with E-state index < -0.39 is 5.92 Å². The highest BCUT2D eigenvalue weighted by atomic mass is 19.3. The molecule has 3 rings (SSSR count). The molecule has 0 aliphatic carbocycles. The Labute approximate surface area is 128 Å². The molecule has 0 spiro atoms. The number of alkyl halides is 2. The number of hydrogen-bond donors (Lipinski definition) is 1. The molecule has 0 aromatic carbocycles. The first-order chi connectivity index (χ1) is 10.5. The van der Waals surface area contributed by atoms with Gasteiger partial charge < -0.3 is 15.1 Å². The number of carbonyl (C=O) groups is 1. The normalized spacial score (nSPS) is 18.5. The van der Waals surface area contributed by atoms with Gasteiger partial charge in [0.15, 0.2) is 0 Å². The van der Waals surface area contributed by atoms with Crippen molar-refractivity contribution < 1.29 is 13.6 Å². The van der Waals surface area contributed by atoms with Crippen molar-refractivity contribution in [1.82, 2.24) is 14.9 Å². The number of likely N-dealkylation sites (tertiary alicyclic amines) is 1. The first kappa shape index (κ1) is 16.4. The molecule has 0 saturated carbocycles. The third-order valence-electron chi connectivity index (χ3n) is 3.45. The Morgan fingerprint density at radius 3 is 2.55 bits per heavy atom. The van der Waals surface area contributed by atoms with Crippen LogP contribution in [-0.2, 0) is 4.79 Å². The van der Waals surface area contributed by atoms with Crippen LogP contribution in [0.5, 0.6) is 0 Å². The summed E-state index contributed by atoms with van der Waals surface area (Å²) in [4.78, 5) is 22.9. The summed E-state index contributed by atoms with van der Waals surface area (Å²) in [6, 6.07) is 1.58. The van der Waals surface area contributed by atoms with Gasteiger partial charge in [-0.2, -0.15) is 0 Å². The topological polar surface area (TPSA) is 61.4 Å². The van der Waals surface area contributed by atoms with Gasteiger partial charge in [0.1, 0.15) is 18.0 Å². The van der Waals surface area contributed by atoms with Crippen molar-refractivity contribution in [2.75, 3.05) is 42.9 Å². The lowest BCUT2D eigenvalue weighted by molar-refractivity contribution is -0.132. The third-order valence-corrected chi connectivity index (χ3v) is 3.45. The number of carbonyl (C=O) groups excluding carboxylic acids is 1. The molecule has 2 aliphatic heterocycles. The van der Waals surface area contributed by atoms with Crippen LogP contribution in [0.3, 0.4) is 0 Å². The van der Waals surface area contributed by atoms with E-state index in [1.165, 1.54) is 11.2 Å². The quantitative estimate of drug-likeness (QED) is 0.915. The zero-order valence-corrected chi connectivity index (χ0v) is 12.9. The highest BCUT2D eigenvalue weighted by Gasteiger charge is 2.44. The molecule has 6 nitrogen and oxygen atoms in total. The zero-order chi connectivity index (χ0) is 16.2. The van der Waals surface area contributed by atoms with E-state index in [1.54, 1.807) is 11.0 Å². The fraction of sp³-hybridized carbons (Fsp3) is 0.643. The van der Waals surface area contributed by atoms with Crippen LogP contribution in [-0.4, -0.2) is 59.4 Å². The molecule has 1 N–H and O–H groups in total. The molecule has 8 heteroatoms. The number of rotatable bonds is 4. The van der Waals surface area contributed by atoms with Crippen molar-refractivity contribution in [3.8, 4) is 0 Å². The van der Waals surface area contributed by atoms with Crippen molar-refractivity contribution in [3.05, 3.63) is 12.4 Å². The average Bonchev–Trinajstić information content (AvgIpc) is 2.43. The Kier molecular flexibility index (Phi) is 5.10. The summed E-state index contributed by atoms with van der Waals surface area (Å²) in [6.07, 6.45) is 2.36. The molecular weight excluding hydrogens is 292 g/mol. The van der Waals surface area contributed by atoms with Crippen LogP contribution in [0, 0.1) is 0 Å². The van der Waals surface area contributed by atoms with Crippen LogP contribution < -0.4 is 10.2 Å². The van der Waals surface area contributed by atoms with Crippen molar-refractivity contribution in [2.45, 2.75) is 26.2 Å². The first-order valence-electron chi connectivity index (χ1n) is 7.50. The van der Waals surface area contributed by atoms with Crippen LogP contribution in [0.25, 0.3) is 0 Å². The minimum absolute atomic E-state index is 0.0203. The lowest BCUT2D eigenvalue weighted by Gasteiger charge is -2.39. The summed E-state index contributed by atoms with van der Waals surface area (Å²) in [6.45, 7) is 5.12. The largest absolute Gasteiger partial charge is 0.361 e. The van der Waals surface area contributed by atoms with E-state index in [0.717, 1.165) is 19.5 Å². The maximum atomic E-state index is 12.8. The minimum Gasteiger partial charge on any atom is -0.361 e. The van der Waals surface area contributed by atoms with Crippen LogP contribution in [0.4, 0.5) is 20.4 Å². The molecule has 3 heterocycles. The number of halogens is 2. The number of nitrogens with one attached hydrogen (secondary N) is 1. The van der Waals surface area contributed by atoms with Crippen LogP contribution in [0.15, 0.2) is 12.4 Å².